The average molecular weight is 345 g/mol. The van der Waals surface area contributed by atoms with Crippen molar-refractivity contribution in [2.45, 2.75) is 17.1 Å². The van der Waals surface area contributed by atoms with Gasteiger partial charge in [0, 0.05) is 16.9 Å². The third-order valence-corrected chi connectivity index (χ3v) is 7.34. The SMILES string of the molecule is O=S(=O)(NCC1(CCl)CC1)c1sccc1Br. The molecule has 3 nitrogen and oxygen atoms in total. The molecule has 1 N–H and O–H groups in total. The van der Waals surface area contributed by atoms with Crippen molar-refractivity contribution < 1.29 is 8.42 Å². The van der Waals surface area contributed by atoms with E-state index in [1.165, 1.54) is 11.3 Å². The predicted octanol–water partition coefficient (Wildman–Crippen LogP) is 2.81. The average Bonchev–Trinajstić information content (AvgIpc) is 2.91. The fraction of sp³-hybridized carbons (Fsp3) is 0.556. The van der Waals surface area contributed by atoms with E-state index in [0.717, 1.165) is 12.8 Å². The standard InChI is InChI=1S/C9H11BrClNO2S2/c10-7-1-4-15-8(7)16(13,14)12-6-9(5-11)2-3-9/h1,4,12H,2-3,5-6H2. The van der Waals surface area contributed by atoms with Crippen LogP contribution in [-0.4, -0.2) is 20.8 Å². The third-order valence-electron chi connectivity index (χ3n) is 2.71. The number of thiophene rings is 1. The molecule has 1 fully saturated rings. The molecule has 7 heteroatoms. The molecule has 0 spiro atoms. The summed E-state index contributed by atoms with van der Waals surface area (Å²) in [7, 11) is -3.39. The zero-order valence-electron chi connectivity index (χ0n) is 8.37. The Kier molecular flexibility index (Phi) is 3.66. The van der Waals surface area contributed by atoms with Gasteiger partial charge >= 0.3 is 0 Å². The number of sulfonamides is 1. The second-order valence-corrected chi connectivity index (χ2v) is 8.01. The third kappa shape index (κ3) is 2.61. The second-order valence-electron chi connectivity index (χ2n) is 4.01. The second kappa shape index (κ2) is 4.57. The molecule has 90 valence electrons. The van der Waals surface area contributed by atoms with Crippen LogP contribution in [0.4, 0.5) is 0 Å². The molecule has 0 bridgehead atoms. The first-order valence-corrected chi connectivity index (χ1v) is 8.47. The zero-order valence-corrected chi connectivity index (χ0v) is 12.3. The normalized spacial score (nSPS) is 18.6. The first kappa shape index (κ1) is 12.8. The van der Waals surface area contributed by atoms with Crippen LogP contribution in [0.25, 0.3) is 0 Å². The Bertz CT molecular complexity index is 481. The first-order chi connectivity index (χ1) is 7.49. The van der Waals surface area contributed by atoms with E-state index >= 15 is 0 Å². The van der Waals surface area contributed by atoms with Crippen LogP contribution in [0.2, 0.25) is 0 Å². The Labute approximate surface area is 112 Å². The quantitative estimate of drug-likeness (QED) is 0.835. The van der Waals surface area contributed by atoms with Crippen LogP contribution >= 0.6 is 38.9 Å². The van der Waals surface area contributed by atoms with E-state index in [1.54, 1.807) is 11.4 Å². The number of hydrogen-bond donors (Lipinski definition) is 1. The number of alkyl halides is 1. The van der Waals surface area contributed by atoms with Crippen molar-refractivity contribution in [2.75, 3.05) is 12.4 Å². The monoisotopic (exact) mass is 343 g/mol. The van der Waals surface area contributed by atoms with Crippen molar-refractivity contribution in [3.8, 4) is 0 Å². The van der Waals surface area contributed by atoms with Crippen LogP contribution in [-0.2, 0) is 10.0 Å². The van der Waals surface area contributed by atoms with Gasteiger partial charge < -0.3 is 0 Å². The van der Waals surface area contributed by atoms with E-state index in [4.69, 9.17) is 11.6 Å². The first-order valence-electron chi connectivity index (χ1n) is 4.78. The minimum Gasteiger partial charge on any atom is -0.210 e. The van der Waals surface area contributed by atoms with Crippen molar-refractivity contribution in [1.82, 2.24) is 4.72 Å². The fourth-order valence-electron chi connectivity index (χ4n) is 1.32. The van der Waals surface area contributed by atoms with Crippen molar-refractivity contribution in [1.29, 1.82) is 0 Å². The molecule has 1 aromatic heterocycles. The Morgan fingerprint density at radius 1 is 1.56 bits per heavy atom. The van der Waals surface area contributed by atoms with Crippen molar-refractivity contribution in [2.24, 2.45) is 5.41 Å². The lowest BCUT2D eigenvalue weighted by molar-refractivity contribution is 0.535. The van der Waals surface area contributed by atoms with E-state index in [0.29, 0.717) is 21.1 Å². The van der Waals surface area contributed by atoms with Crippen molar-refractivity contribution in [3.05, 3.63) is 15.9 Å². The Hall–Kier alpha value is 0.380. The molecule has 0 aliphatic heterocycles. The van der Waals surface area contributed by atoms with Crippen LogP contribution in [0, 0.1) is 5.41 Å². The molecule has 0 atom stereocenters. The van der Waals surface area contributed by atoms with E-state index in [1.807, 2.05) is 0 Å². The summed E-state index contributed by atoms with van der Waals surface area (Å²) in [5, 5.41) is 1.74. The maximum atomic E-state index is 11.9. The number of halogens is 2. The predicted molar refractivity (Wildman–Crippen MR) is 69.6 cm³/mol. The molecule has 2 rings (SSSR count). The van der Waals surface area contributed by atoms with Crippen LogP contribution in [0.3, 0.4) is 0 Å². The van der Waals surface area contributed by atoms with Gasteiger partial charge in [-0.05, 0) is 45.6 Å². The Balaban J connectivity index is 2.07. The molecule has 1 aliphatic carbocycles. The van der Waals surface area contributed by atoms with E-state index in [2.05, 4.69) is 20.7 Å². The van der Waals surface area contributed by atoms with Crippen LogP contribution in [0.1, 0.15) is 12.8 Å². The topological polar surface area (TPSA) is 46.2 Å². The van der Waals surface area contributed by atoms with Gasteiger partial charge in [-0.3, -0.25) is 0 Å². The molecule has 0 saturated heterocycles. The summed E-state index contributed by atoms with van der Waals surface area (Å²) >= 11 is 10.2. The molecule has 0 unspecified atom stereocenters. The minimum atomic E-state index is -3.39. The summed E-state index contributed by atoms with van der Waals surface area (Å²) in [6.45, 7) is 0.434. The molecular weight excluding hydrogens is 334 g/mol. The van der Waals surface area contributed by atoms with Gasteiger partial charge in [0.2, 0.25) is 0 Å². The lowest BCUT2D eigenvalue weighted by Gasteiger charge is -2.12. The molecule has 0 aromatic carbocycles. The van der Waals surface area contributed by atoms with Gasteiger partial charge in [0.15, 0.2) is 0 Å². The lowest BCUT2D eigenvalue weighted by Crippen LogP contribution is -2.30. The van der Waals surface area contributed by atoms with E-state index in [9.17, 15) is 8.42 Å². The molecule has 16 heavy (non-hydrogen) atoms. The van der Waals surface area contributed by atoms with Gasteiger partial charge in [-0.15, -0.1) is 22.9 Å². The summed E-state index contributed by atoms with van der Waals surface area (Å²) in [4.78, 5) is 0. The lowest BCUT2D eigenvalue weighted by atomic mass is 10.1. The number of hydrogen-bond acceptors (Lipinski definition) is 3. The smallest absolute Gasteiger partial charge is 0.210 e. The Morgan fingerprint density at radius 2 is 2.25 bits per heavy atom. The van der Waals surface area contributed by atoms with Gasteiger partial charge in [0.05, 0.1) is 0 Å². The highest BCUT2D eigenvalue weighted by atomic mass is 79.9. The van der Waals surface area contributed by atoms with Gasteiger partial charge in [0.1, 0.15) is 4.21 Å². The van der Waals surface area contributed by atoms with Gasteiger partial charge in [-0.1, -0.05) is 0 Å². The summed E-state index contributed by atoms with van der Waals surface area (Å²) in [5.74, 6) is 0.515. The highest BCUT2D eigenvalue weighted by molar-refractivity contribution is 9.10. The summed E-state index contributed by atoms with van der Waals surface area (Å²) in [6.07, 6.45) is 2.01. The summed E-state index contributed by atoms with van der Waals surface area (Å²) in [5.41, 5.74) is -0.00163. The number of rotatable bonds is 5. The molecule has 1 aliphatic rings. The molecule has 1 heterocycles. The largest absolute Gasteiger partial charge is 0.251 e. The number of nitrogens with one attached hydrogen (secondary N) is 1. The highest BCUT2D eigenvalue weighted by Gasteiger charge is 2.42. The maximum Gasteiger partial charge on any atom is 0.251 e. The zero-order chi connectivity index (χ0) is 11.8. The van der Waals surface area contributed by atoms with E-state index < -0.39 is 10.0 Å². The maximum absolute atomic E-state index is 11.9. The van der Waals surface area contributed by atoms with Gasteiger partial charge in [0.25, 0.3) is 10.0 Å². The minimum absolute atomic E-state index is 0.00163. The van der Waals surface area contributed by atoms with Crippen molar-refractivity contribution >= 4 is 48.9 Å². The van der Waals surface area contributed by atoms with Gasteiger partial charge in [-0.2, -0.15) is 0 Å². The fourth-order valence-corrected chi connectivity index (χ4v) is 5.22. The molecule has 0 radical (unpaired) electrons. The summed E-state index contributed by atoms with van der Waals surface area (Å²) < 4.78 is 27.4. The van der Waals surface area contributed by atoms with Crippen molar-refractivity contribution in [3.63, 3.8) is 0 Å². The Morgan fingerprint density at radius 3 is 2.69 bits per heavy atom. The highest BCUT2D eigenvalue weighted by Crippen LogP contribution is 2.46. The van der Waals surface area contributed by atoms with E-state index in [-0.39, 0.29) is 5.41 Å². The molecular formula is C9H11BrClNO2S2. The van der Waals surface area contributed by atoms with Crippen LogP contribution in [0.5, 0.6) is 0 Å². The molecule has 0 amide bonds. The molecule has 1 saturated carbocycles. The molecule has 1 aromatic rings. The van der Waals surface area contributed by atoms with Crippen LogP contribution < -0.4 is 4.72 Å². The van der Waals surface area contributed by atoms with Gasteiger partial charge in [-0.25, -0.2) is 13.1 Å². The van der Waals surface area contributed by atoms with Crippen LogP contribution in [0.15, 0.2) is 20.1 Å². The summed E-state index contributed by atoms with van der Waals surface area (Å²) in [6, 6.07) is 1.73.